The molecule has 8 heteroatoms. The van der Waals surface area contributed by atoms with Gasteiger partial charge in [0.25, 0.3) is 5.91 Å². The van der Waals surface area contributed by atoms with Crippen LogP contribution in [0, 0.1) is 0 Å². The molecule has 0 saturated carbocycles. The number of hydrogen-bond donors (Lipinski definition) is 0. The third kappa shape index (κ3) is 2.66. The lowest BCUT2D eigenvalue weighted by Crippen LogP contribution is -2.49. The number of pyridine rings is 1. The Labute approximate surface area is 141 Å². The van der Waals surface area contributed by atoms with Gasteiger partial charge in [0.15, 0.2) is 5.65 Å². The van der Waals surface area contributed by atoms with E-state index in [0.717, 1.165) is 30.2 Å². The van der Waals surface area contributed by atoms with Gasteiger partial charge in [0.1, 0.15) is 0 Å². The van der Waals surface area contributed by atoms with Crippen molar-refractivity contribution in [2.45, 2.75) is 0 Å². The number of amides is 1. The third-order valence-electron chi connectivity index (χ3n) is 3.97. The summed E-state index contributed by atoms with van der Waals surface area (Å²) in [7, 11) is 0. The average molecular weight is 348 g/mol. The van der Waals surface area contributed by atoms with Crippen molar-refractivity contribution in [2.75, 3.05) is 31.1 Å². The van der Waals surface area contributed by atoms with Crippen LogP contribution < -0.4 is 4.90 Å². The number of aromatic nitrogens is 3. The van der Waals surface area contributed by atoms with Crippen molar-refractivity contribution < 1.29 is 4.79 Å². The minimum absolute atomic E-state index is 0.0973. The molecule has 0 N–H and O–H groups in total. The number of carbonyl (C=O) groups excluding carboxylic acids is 1. The third-order valence-corrected chi connectivity index (χ3v) is 4.87. The molecule has 0 atom stereocenters. The molecule has 23 heavy (non-hydrogen) atoms. The highest BCUT2D eigenvalue weighted by atomic mass is 35.5. The molecule has 1 aliphatic rings. The number of rotatable bonds is 2. The smallest absolute Gasteiger partial charge is 0.254 e. The molecule has 118 valence electrons. The first-order valence-corrected chi connectivity index (χ1v) is 8.61. The van der Waals surface area contributed by atoms with Crippen molar-refractivity contribution in [1.29, 1.82) is 0 Å². The van der Waals surface area contributed by atoms with Gasteiger partial charge < -0.3 is 9.80 Å². The molecule has 1 amide bonds. The fourth-order valence-electron chi connectivity index (χ4n) is 2.75. The Morgan fingerprint density at radius 1 is 1.13 bits per heavy atom. The van der Waals surface area contributed by atoms with Crippen LogP contribution in [-0.4, -0.2) is 51.6 Å². The summed E-state index contributed by atoms with van der Waals surface area (Å²) < 4.78 is 1.89. The fraction of sp³-hybridized carbons (Fsp3) is 0.267. The Balaban J connectivity index is 1.51. The van der Waals surface area contributed by atoms with Gasteiger partial charge in [-0.1, -0.05) is 11.6 Å². The first-order chi connectivity index (χ1) is 11.2. The number of carbonyl (C=O) groups is 1. The van der Waals surface area contributed by atoms with Gasteiger partial charge in [-0.05, 0) is 23.6 Å². The molecular formula is C15H14ClN5OS. The zero-order valence-corrected chi connectivity index (χ0v) is 13.8. The van der Waals surface area contributed by atoms with Crippen LogP contribution in [0.15, 0.2) is 35.2 Å². The van der Waals surface area contributed by atoms with Crippen LogP contribution in [0.4, 0.5) is 5.95 Å². The molecule has 1 saturated heterocycles. The van der Waals surface area contributed by atoms with E-state index in [1.165, 1.54) is 0 Å². The van der Waals surface area contributed by atoms with E-state index in [4.69, 9.17) is 11.6 Å². The summed E-state index contributed by atoms with van der Waals surface area (Å²) >= 11 is 7.60. The van der Waals surface area contributed by atoms with Gasteiger partial charge >= 0.3 is 0 Å². The minimum Gasteiger partial charge on any atom is -0.337 e. The molecule has 4 rings (SSSR count). The second kappa shape index (κ2) is 5.82. The minimum atomic E-state index is 0.0973. The molecule has 6 nitrogen and oxygen atoms in total. The maximum atomic E-state index is 12.4. The number of nitrogens with zero attached hydrogens (tertiary/aromatic N) is 5. The molecule has 1 fully saturated rings. The summed E-state index contributed by atoms with van der Waals surface area (Å²) in [6.45, 7) is 2.79. The van der Waals surface area contributed by atoms with Crippen LogP contribution in [0.5, 0.6) is 0 Å². The summed E-state index contributed by atoms with van der Waals surface area (Å²) in [6, 6.07) is 5.51. The number of thiophene rings is 1. The second-order valence-corrected chi connectivity index (χ2v) is 6.58. The summed E-state index contributed by atoms with van der Waals surface area (Å²) in [5.74, 6) is 0.866. The summed E-state index contributed by atoms with van der Waals surface area (Å²) in [6.07, 6.45) is 1.81. The normalized spacial score (nSPS) is 15.3. The quantitative estimate of drug-likeness (QED) is 0.714. The van der Waals surface area contributed by atoms with Gasteiger partial charge in [-0.25, -0.2) is 0 Å². The van der Waals surface area contributed by atoms with E-state index < -0.39 is 0 Å². The van der Waals surface area contributed by atoms with Gasteiger partial charge in [0, 0.05) is 37.8 Å². The summed E-state index contributed by atoms with van der Waals surface area (Å²) in [4.78, 5) is 16.4. The number of piperazine rings is 1. The number of anilines is 1. The first kappa shape index (κ1) is 14.5. The predicted octanol–water partition coefficient (Wildman–Crippen LogP) is 2.41. The Morgan fingerprint density at radius 3 is 2.70 bits per heavy atom. The van der Waals surface area contributed by atoms with Crippen molar-refractivity contribution in [3.63, 3.8) is 0 Å². The van der Waals surface area contributed by atoms with E-state index in [1.807, 2.05) is 38.4 Å². The van der Waals surface area contributed by atoms with E-state index in [-0.39, 0.29) is 5.91 Å². The molecule has 3 aromatic rings. The standard InChI is InChI=1S/C15H14ClN5OS/c16-12-1-2-13-17-18-15(21(13)9-12)20-6-4-19(5-7-20)14(22)11-3-8-23-10-11/h1-3,8-10H,4-7H2. The van der Waals surface area contributed by atoms with Crippen molar-refractivity contribution in [3.05, 3.63) is 45.7 Å². The van der Waals surface area contributed by atoms with Crippen molar-refractivity contribution >= 4 is 40.4 Å². The monoisotopic (exact) mass is 347 g/mol. The maximum absolute atomic E-state index is 12.4. The molecule has 1 aliphatic heterocycles. The second-order valence-electron chi connectivity index (χ2n) is 5.37. The lowest BCUT2D eigenvalue weighted by molar-refractivity contribution is 0.0747. The van der Waals surface area contributed by atoms with Crippen LogP contribution in [0.2, 0.25) is 5.02 Å². The Bertz CT molecular complexity index is 839. The van der Waals surface area contributed by atoms with Gasteiger partial charge in [-0.15, -0.1) is 10.2 Å². The summed E-state index contributed by atoms with van der Waals surface area (Å²) in [5, 5.41) is 12.9. The van der Waals surface area contributed by atoms with E-state index in [2.05, 4.69) is 15.1 Å². The molecule has 3 aromatic heterocycles. The van der Waals surface area contributed by atoms with E-state index >= 15 is 0 Å². The molecule has 0 aromatic carbocycles. The topological polar surface area (TPSA) is 53.7 Å². The molecule has 0 spiro atoms. The van der Waals surface area contributed by atoms with Crippen LogP contribution in [0.3, 0.4) is 0 Å². The number of halogens is 1. The Kier molecular flexibility index (Phi) is 3.66. The zero-order chi connectivity index (χ0) is 15.8. The highest BCUT2D eigenvalue weighted by Crippen LogP contribution is 2.19. The average Bonchev–Trinajstić information content (AvgIpc) is 3.24. The first-order valence-electron chi connectivity index (χ1n) is 7.29. The predicted molar refractivity (Wildman–Crippen MR) is 90.4 cm³/mol. The largest absolute Gasteiger partial charge is 0.337 e. The molecular weight excluding hydrogens is 334 g/mol. The SMILES string of the molecule is O=C(c1ccsc1)N1CCN(c2nnc3ccc(Cl)cn23)CC1. The molecule has 0 bridgehead atoms. The van der Waals surface area contributed by atoms with Gasteiger partial charge in [0.2, 0.25) is 5.95 Å². The number of hydrogen-bond acceptors (Lipinski definition) is 5. The van der Waals surface area contributed by atoms with Crippen LogP contribution in [0.25, 0.3) is 5.65 Å². The van der Waals surface area contributed by atoms with Crippen molar-refractivity contribution in [2.24, 2.45) is 0 Å². The molecule has 0 unspecified atom stereocenters. The summed E-state index contributed by atoms with van der Waals surface area (Å²) in [5.41, 5.74) is 1.53. The van der Waals surface area contributed by atoms with Crippen molar-refractivity contribution in [3.8, 4) is 0 Å². The molecule has 0 radical (unpaired) electrons. The van der Waals surface area contributed by atoms with Gasteiger partial charge in [-0.2, -0.15) is 11.3 Å². The maximum Gasteiger partial charge on any atom is 0.254 e. The Hall–Kier alpha value is -2.12. The lowest BCUT2D eigenvalue weighted by Gasteiger charge is -2.34. The fourth-order valence-corrected chi connectivity index (χ4v) is 3.54. The molecule has 4 heterocycles. The van der Waals surface area contributed by atoms with Crippen molar-refractivity contribution in [1.82, 2.24) is 19.5 Å². The Morgan fingerprint density at radius 2 is 1.96 bits per heavy atom. The van der Waals surface area contributed by atoms with Gasteiger partial charge in [0.05, 0.1) is 10.6 Å². The van der Waals surface area contributed by atoms with E-state index in [9.17, 15) is 4.79 Å². The molecule has 0 aliphatic carbocycles. The van der Waals surface area contributed by atoms with Crippen LogP contribution >= 0.6 is 22.9 Å². The lowest BCUT2D eigenvalue weighted by atomic mass is 10.2. The highest BCUT2D eigenvalue weighted by molar-refractivity contribution is 7.08. The van der Waals surface area contributed by atoms with Crippen LogP contribution in [-0.2, 0) is 0 Å². The van der Waals surface area contributed by atoms with E-state index in [1.54, 1.807) is 17.4 Å². The van der Waals surface area contributed by atoms with E-state index in [0.29, 0.717) is 18.1 Å². The zero-order valence-electron chi connectivity index (χ0n) is 12.2. The number of fused-ring (bicyclic) bond motifs is 1. The highest BCUT2D eigenvalue weighted by Gasteiger charge is 2.24. The van der Waals surface area contributed by atoms with Crippen LogP contribution in [0.1, 0.15) is 10.4 Å². The van der Waals surface area contributed by atoms with Gasteiger partial charge in [-0.3, -0.25) is 9.20 Å².